The fourth-order valence-electron chi connectivity index (χ4n) is 2.92. The van der Waals surface area contributed by atoms with E-state index in [0.717, 1.165) is 30.3 Å². The maximum absolute atomic E-state index is 12.7. The van der Waals surface area contributed by atoms with Gasteiger partial charge in [-0.1, -0.05) is 23.2 Å². The van der Waals surface area contributed by atoms with Crippen LogP contribution in [0.1, 0.15) is 16.1 Å². The first-order chi connectivity index (χ1) is 15.9. The van der Waals surface area contributed by atoms with Crippen molar-refractivity contribution in [3.63, 3.8) is 0 Å². The Hall–Kier alpha value is -2.21. The number of sulfonamides is 1. The predicted octanol–water partition coefficient (Wildman–Crippen LogP) is 4.46. The molecule has 0 saturated heterocycles. The topological polar surface area (TPSA) is 87.7 Å². The number of carbonyl (C=O) groups is 1. The smallest absolute Gasteiger partial charge is 0.535 e. The molecule has 1 aromatic heterocycles. The van der Waals surface area contributed by atoms with Gasteiger partial charge < -0.3 is 18.7 Å². The minimum Gasteiger partial charge on any atom is -0.535 e. The van der Waals surface area contributed by atoms with E-state index < -0.39 is 32.6 Å². The summed E-state index contributed by atoms with van der Waals surface area (Å²) in [7, 11) is -4.44. The molecule has 176 valence electrons. The first kappa shape index (κ1) is 27.4. The van der Waals surface area contributed by atoms with Gasteiger partial charge in [0.2, 0.25) is 0 Å². The molecule has 0 bridgehead atoms. The molecule has 0 fully saturated rings. The van der Waals surface area contributed by atoms with E-state index in [4.69, 9.17) is 32.4 Å². The van der Waals surface area contributed by atoms with Crippen LogP contribution in [0.5, 0.6) is 11.5 Å². The Labute approximate surface area is 229 Å². The van der Waals surface area contributed by atoms with Gasteiger partial charge in [0.05, 0.1) is 15.5 Å². The Kier molecular flexibility index (Phi) is 8.15. The fraction of sp³-hybridized carbons (Fsp3) is 0.0455. The average Bonchev–Trinajstić information content (AvgIpc) is 3.16. The van der Waals surface area contributed by atoms with Gasteiger partial charge in [-0.15, -0.1) is 0 Å². The molecular weight excluding hydrogens is 541 g/mol. The van der Waals surface area contributed by atoms with Crippen LogP contribution in [-0.4, -0.2) is 14.3 Å². The number of fused-ring (bicyclic) bond motifs is 1. The number of hydrogen-bond acceptors (Lipinski definition) is 5. The molecule has 0 atom stereocenters. The number of nitrogens with zero attached hydrogens (tertiary/aromatic N) is 1. The van der Waals surface area contributed by atoms with Crippen molar-refractivity contribution in [2.24, 2.45) is 0 Å². The number of rotatable bonds is 5. The van der Waals surface area contributed by atoms with Gasteiger partial charge in [-0.25, -0.2) is 8.42 Å². The molecule has 0 N–H and O–H groups in total. The van der Waals surface area contributed by atoms with E-state index in [-0.39, 0.29) is 62.4 Å². The van der Waals surface area contributed by atoms with Crippen molar-refractivity contribution in [3.05, 3.63) is 92.8 Å². The molecule has 0 aliphatic carbocycles. The summed E-state index contributed by atoms with van der Waals surface area (Å²) >= 11 is 11.6. The standard InChI is InChI=1S/C22H12Cl2F3NO5S.Na/c23-14-4-8-20(17(24)10-14)34(30,31)28-21(29)19-9-12-1-5-16(11-18(12)33-19)32-15-6-2-13(3-7-15)22(25,26)27;/h1-11H,(H,28,29);/q;+1/p-1. The SMILES string of the molecule is O=C([N-]S(=O)(=O)c1ccc(Cl)cc1Cl)c1cc2ccc(Oc3ccc(C(F)(F)F)cc3)cc2o1.[Na+]. The van der Waals surface area contributed by atoms with Crippen LogP contribution in [0.4, 0.5) is 13.2 Å². The van der Waals surface area contributed by atoms with Crippen LogP contribution in [0, 0.1) is 0 Å². The molecule has 35 heavy (non-hydrogen) atoms. The summed E-state index contributed by atoms with van der Waals surface area (Å²) in [6, 6.07) is 13.4. The minimum atomic E-state index is -4.47. The van der Waals surface area contributed by atoms with E-state index in [1.165, 1.54) is 36.4 Å². The Bertz CT molecular complexity index is 1510. The first-order valence-corrected chi connectivity index (χ1v) is 11.5. The Morgan fingerprint density at radius 3 is 2.20 bits per heavy atom. The Balaban J connectivity index is 0.00000342. The molecule has 4 aromatic rings. The molecule has 13 heteroatoms. The summed E-state index contributed by atoms with van der Waals surface area (Å²) in [5.74, 6) is -1.14. The zero-order valence-electron chi connectivity index (χ0n) is 17.6. The molecule has 0 aliphatic rings. The molecule has 1 amide bonds. The van der Waals surface area contributed by atoms with Crippen LogP contribution < -0.4 is 34.3 Å². The number of halogens is 5. The third kappa shape index (κ3) is 6.32. The molecule has 0 radical (unpaired) electrons. The van der Waals surface area contributed by atoms with Crippen molar-refractivity contribution in [2.45, 2.75) is 11.1 Å². The third-order valence-corrected chi connectivity index (χ3v) is 6.47. The van der Waals surface area contributed by atoms with E-state index in [1.54, 1.807) is 0 Å². The van der Waals surface area contributed by atoms with E-state index in [9.17, 15) is 26.4 Å². The number of benzene rings is 3. The minimum absolute atomic E-state index is 0. The fourth-order valence-corrected chi connectivity index (χ4v) is 4.57. The molecular formula is C22H11Cl2F3NNaO5S. The van der Waals surface area contributed by atoms with Crippen molar-refractivity contribution < 1.29 is 65.1 Å². The van der Waals surface area contributed by atoms with Gasteiger partial charge in [-0.05, 0) is 60.7 Å². The molecule has 0 saturated carbocycles. The van der Waals surface area contributed by atoms with E-state index in [0.29, 0.717) is 5.39 Å². The van der Waals surface area contributed by atoms with Crippen molar-refractivity contribution in [1.29, 1.82) is 0 Å². The second-order valence-corrected chi connectivity index (χ2v) is 9.30. The maximum Gasteiger partial charge on any atom is 1.00 e. The van der Waals surface area contributed by atoms with Crippen LogP contribution >= 0.6 is 23.2 Å². The van der Waals surface area contributed by atoms with Crippen molar-refractivity contribution in [3.8, 4) is 11.5 Å². The monoisotopic (exact) mass is 551 g/mol. The zero-order chi connectivity index (χ0) is 24.7. The maximum atomic E-state index is 12.7. The van der Waals surface area contributed by atoms with Gasteiger partial charge >= 0.3 is 35.7 Å². The van der Waals surface area contributed by atoms with Crippen molar-refractivity contribution in [1.82, 2.24) is 0 Å². The number of amides is 1. The van der Waals surface area contributed by atoms with Crippen LogP contribution in [0.15, 0.2) is 76.0 Å². The van der Waals surface area contributed by atoms with E-state index in [1.807, 2.05) is 0 Å². The summed E-state index contributed by atoms with van der Waals surface area (Å²) in [6.45, 7) is 0. The van der Waals surface area contributed by atoms with Gasteiger partial charge in [-0.3, -0.25) is 0 Å². The van der Waals surface area contributed by atoms with Crippen LogP contribution in [0.2, 0.25) is 10.0 Å². The molecule has 0 aliphatic heterocycles. The average molecular weight is 552 g/mol. The number of furan rings is 1. The molecule has 0 spiro atoms. The summed E-state index contributed by atoms with van der Waals surface area (Å²) < 4.78 is 77.2. The van der Waals surface area contributed by atoms with Gasteiger partial charge in [0.15, 0.2) is 5.76 Å². The van der Waals surface area contributed by atoms with Crippen LogP contribution in [0.25, 0.3) is 15.7 Å². The van der Waals surface area contributed by atoms with Crippen LogP contribution in [0.3, 0.4) is 0 Å². The molecule has 3 aromatic carbocycles. The van der Waals surface area contributed by atoms with E-state index in [2.05, 4.69) is 4.72 Å². The Morgan fingerprint density at radius 1 is 0.914 bits per heavy atom. The van der Waals surface area contributed by atoms with Crippen LogP contribution in [-0.2, 0) is 16.2 Å². The van der Waals surface area contributed by atoms with Gasteiger partial charge in [-0.2, -0.15) is 13.2 Å². The largest absolute Gasteiger partial charge is 1.00 e. The quantitative estimate of drug-likeness (QED) is 0.342. The molecule has 6 nitrogen and oxygen atoms in total. The zero-order valence-corrected chi connectivity index (χ0v) is 22.0. The van der Waals surface area contributed by atoms with Gasteiger partial charge in [0.1, 0.15) is 33.0 Å². The normalized spacial score (nSPS) is 11.7. The first-order valence-electron chi connectivity index (χ1n) is 9.28. The van der Waals surface area contributed by atoms with Crippen molar-refractivity contribution in [2.75, 3.05) is 0 Å². The third-order valence-electron chi connectivity index (χ3n) is 4.49. The predicted molar refractivity (Wildman–Crippen MR) is 119 cm³/mol. The number of hydrogen-bond donors (Lipinski definition) is 0. The molecule has 0 unspecified atom stereocenters. The summed E-state index contributed by atoms with van der Waals surface area (Å²) in [5.41, 5.74) is -0.645. The second-order valence-electron chi connectivity index (χ2n) is 6.88. The van der Waals surface area contributed by atoms with Crippen molar-refractivity contribution >= 4 is 50.1 Å². The van der Waals surface area contributed by atoms with Gasteiger partial charge in [0, 0.05) is 16.5 Å². The van der Waals surface area contributed by atoms with E-state index >= 15 is 0 Å². The Morgan fingerprint density at radius 2 is 1.57 bits per heavy atom. The summed E-state index contributed by atoms with van der Waals surface area (Å²) in [6.07, 6.45) is -4.47. The number of alkyl halides is 3. The number of ether oxygens (including phenoxy) is 1. The molecule has 4 rings (SSSR count). The van der Waals surface area contributed by atoms with Gasteiger partial charge in [0.25, 0.3) is 0 Å². The molecule has 1 heterocycles. The second kappa shape index (κ2) is 10.4. The summed E-state index contributed by atoms with van der Waals surface area (Å²) in [4.78, 5) is 12.0. The summed E-state index contributed by atoms with van der Waals surface area (Å²) in [5, 5.41) is 0.459. The number of carbonyl (C=O) groups excluding carboxylic acids is 1.